The van der Waals surface area contributed by atoms with E-state index >= 15 is 0 Å². The number of hydrogen-bond donors (Lipinski definition) is 2. The van der Waals surface area contributed by atoms with Crippen LogP contribution in [-0.4, -0.2) is 25.1 Å². The lowest BCUT2D eigenvalue weighted by Gasteiger charge is -2.13. The highest BCUT2D eigenvalue weighted by Crippen LogP contribution is 2.15. The number of nitrogens with one attached hydrogen (secondary N) is 2. The SMILES string of the molecule is CN(C)c1cncc(NC(=O)Nc2ccccc2)c1. The topological polar surface area (TPSA) is 57.3 Å². The average Bonchev–Trinajstić information content (AvgIpc) is 2.40. The predicted octanol–water partition coefficient (Wildman–Crippen LogP) is 2.79. The summed E-state index contributed by atoms with van der Waals surface area (Å²) in [4.78, 5) is 17.8. The third-order valence-electron chi connectivity index (χ3n) is 2.53. The maximum Gasteiger partial charge on any atom is 0.323 e. The van der Waals surface area contributed by atoms with Crippen LogP contribution in [0.5, 0.6) is 0 Å². The van der Waals surface area contributed by atoms with Gasteiger partial charge >= 0.3 is 6.03 Å². The van der Waals surface area contributed by atoms with E-state index in [2.05, 4.69) is 15.6 Å². The van der Waals surface area contributed by atoms with Crippen molar-refractivity contribution in [2.45, 2.75) is 0 Å². The number of benzene rings is 1. The smallest absolute Gasteiger partial charge is 0.323 e. The quantitative estimate of drug-likeness (QED) is 0.887. The summed E-state index contributed by atoms with van der Waals surface area (Å²) in [7, 11) is 3.84. The molecule has 0 spiro atoms. The van der Waals surface area contributed by atoms with Crippen molar-refractivity contribution in [3.05, 3.63) is 48.8 Å². The minimum atomic E-state index is -0.288. The zero-order valence-corrected chi connectivity index (χ0v) is 10.9. The standard InChI is InChI=1S/C14H16N4O/c1-18(2)13-8-12(9-15-10-13)17-14(19)16-11-6-4-3-5-7-11/h3-10H,1-2H3,(H2,16,17,19). The molecule has 2 amide bonds. The van der Waals surface area contributed by atoms with Crippen LogP contribution in [-0.2, 0) is 0 Å². The first kappa shape index (κ1) is 12.9. The van der Waals surface area contributed by atoms with Gasteiger partial charge in [-0.15, -0.1) is 0 Å². The molecule has 0 saturated carbocycles. The number of amides is 2. The molecule has 2 rings (SSSR count). The molecule has 0 saturated heterocycles. The maximum atomic E-state index is 11.8. The number of hydrogen-bond acceptors (Lipinski definition) is 3. The van der Waals surface area contributed by atoms with E-state index in [-0.39, 0.29) is 6.03 Å². The summed E-state index contributed by atoms with van der Waals surface area (Å²) < 4.78 is 0. The maximum absolute atomic E-state index is 11.8. The van der Waals surface area contributed by atoms with Gasteiger partial charge in [-0.2, -0.15) is 0 Å². The first-order valence-electron chi connectivity index (χ1n) is 5.90. The lowest BCUT2D eigenvalue weighted by molar-refractivity contribution is 0.262. The van der Waals surface area contributed by atoms with Crippen molar-refractivity contribution >= 4 is 23.1 Å². The minimum Gasteiger partial charge on any atom is -0.376 e. The number of aromatic nitrogens is 1. The highest BCUT2D eigenvalue weighted by molar-refractivity contribution is 5.99. The van der Waals surface area contributed by atoms with E-state index in [0.29, 0.717) is 5.69 Å². The van der Waals surface area contributed by atoms with Crippen molar-refractivity contribution in [3.8, 4) is 0 Å². The van der Waals surface area contributed by atoms with Crippen LogP contribution in [0.3, 0.4) is 0 Å². The van der Waals surface area contributed by atoms with Gasteiger partial charge in [0.1, 0.15) is 0 Å². The summed E-state index contributed by atoms with van der Waals surface area (Å²) in [5.41, 5.74) is 2.33. The van der Waals surface area contributed by atoms with Gasteiger partial charge in [0.05, 0.1) is 23.8 Å². The molecule has 1 aromatic carbocycles. The van der Waals surface area contributed by atoms with Crippen molar-refractivity contribution in [1.29, 1.82) is 0 Å². The van der Waals surface area contributed by atoms with Gasteiger partial charge in [-0.1, -0.05) is 18.2 Å². The van der Waals surface area contributed by atoms with Crippen molar-refractivity contribution in [1.82, 2.24) is 4.98 Å². The van der Waals surface area contributed by atoms with Crippen LogP contribution in [0.2, 0.25) is 0 Å². The number of para-hydroxylation sites is 1. The first-order chi connectivity index (χ1) is 9.15. The monoisotopic (exact) mass is 256 g/mol. The van der Waals surface area contributed by atoms with E-state index in [9.17, 15) is 4.79 Å². The zero-order valence-electron chi connectivity index (χ0n) is 10.9. The fraction of sp³-hybridized carbons (Fsp3) is 0.143. The van der Waals surface area contributed by atoms with Gasteiger partial charge in [-0.3, -0.25) is 4.98 Å². The lowest BCUT2D eigenvalue weighted by atomic mass is 10.3. The van der Waals surface area contributed by atoms with Crippen molar-refractivity contribution in [2.24, 2.45) is 0 Å². The molecule has 0 fully saturated rings. The third kappa shape index (κ3) is 3.70. The van der Waals surface area contributed by atoms with Gasteiger partial charge in [0.2, 0.25) is 0 Å². The Morgan fingerprint density at radius 3 is 2.42 bits per heavy atom. The molecular weight excluding hydrogens is 240 g/mol. The molecule has 0 aliphatic carbocycles. The molecule has 1 aromatic heterocycles. The molecule has 1 heterocycles. The Morgan fingerprint density at radius 1 is 1.05 bits per heavy atom. The molecular formula is C14H16N4O. The normalized spacial score (nSPS) is 9.79. The number of urea groups is 1. The van der Waals surface area contributed by atoms with Gasteiger partial charge in [0.25, 0.3) is 0 Å². The second-order valence-corrected chi connectivity index (χ2v) is 4.27. The Kier molecular flexibility index (Phi) is 3.97. The van der Waals surface area contributed by atoms with E-state index in [0.717, 1.165) is 11.4 Å². The largest absolute Gasteiger partial charge is 0.376 e. The molecule has 2 N–H and O–H groups in total. The zero-order chi connectivity index (χ0) is 13.7. The van der Waals surface area contributed by atoms with Gasteiger partial charge in [-0.25, -0.2) is 4.79 Å². The molecule has 0 atom stereocenters. The molecule has 98 valence electrons. The van der Waals surface area contributed by atoms with E-state index in [1.54, 1.807) is 12.4 Å². The van der Waals surface area contributed by atoms with Gasteiger partial charge in [-0.05, 0) is 18.2 Å². The van der Waals surface area contributed by atoms with E-state index in [1.165, 1.54) is 0 Å². The molecule has 0 aliphatic rings. The number of anilines is 3. The molecule has 0 radical (unpaired) electrons. The summed E-state index contributed by atoms with van der Waals surface area (Å²) in [6.07, 6.45) is 3.35. The van der Waals surface area contributed by atoms with Crippen molar-refractivity contribution < 1.29 is 4.79 Å². The summed E-state index contributed by atoms with van der Waals surface area (Å²) >= 11 is 0. The van der Waals surface area contributed by atoms with Crippen LogP contribution < -0.4 is 15.5 Å². The number of nitrogens with zero attached hydrogens (tertiary/aromatic N) is 2. The van der Waals surface area contributed by atoms with Crippen LogP contribution in [0.25, 0.3) is 0 Å². The summed E-state index contributed by atoms with van der Waals surface area (Å²) in [5.74, 6) is 0. The van der Waals surface area contributed by atoms with Crippen molar-refractivity contribution in [2.75, 3.05) is 29.6 Å². The average molecular weight is 256 g/mol. The number of pyridine rings is 1. The van der Waals surface area contributed by atoms with Crippen LogP contribution in [0.1, 0.15) is 0 Å². The number of carbonyl (C=O) groups is 1. The summed E-state index contributed by atoms with van der Waals surface area (Å²) in [5, 5.41) is 5.49. The third-order valence-corrected chi connectivity index (χ3v) is 2.53. The van der Waals surface area contributed by atoms with Crippen LogP contribution in [0.4, 0.5) is 21.9 Å². The van der Waals surface area contributed by atoms with Crippen LogP contribution >= 0.6 is 0 Å². The Bertz CT molecular complexity index is 554. The number of carbonyl (C=O) groups excluding carboxylic acids is 1. The Hall–Kier alpha value is -2.56. The Labute approximate surface area is 112 Å². The summed E-state index contributed by atoms with van der Waals surface area (Å²) in [6, 6.07) is 10.9. The molecule has 2 aromatic rings. The van der Waals surface area contributed by atoms with Gasteiger partial charge in [0.15, 0.2) is 0 Å². The predicted molar refractivity (Wildman–Crippen MR) is 77.6 cm³/mol. The molecule has 5 heteroatoms. The number of rotatable bonds is 3. The summed E-state index contributed by atoms with van der Waals surface area (Å²) in [6.45, 7) is 0. The highest BCUT2D eigenvalue weighted by atomic mass is 16.2. The molecule has 0 unspecified atom stereocenters. The Morgan fingerprint density at radius 2 is 1.74 bits per heavy atom. The fourth-order valence-corrected chi connectivity index (χ4v) is 1.56. The van der Waals surface area contributed by atoms with E-state index in [4.69, 9.17) is 0 Å². The van der Waals surface area contributed by atoms with Gasteiger partial charge in [0, 0.05) is 19.8 Å². The first-order valence-corrected chi connectivity index (χ1v) is 5.90. The highest BCUT2D eigenvalue weighted by Gasteiger charge is 2.04. The fourth-order valence-electron chi connectivity index (χ4n) is 1.56. The second kappa shape index (κ2) is 5.86. The minimum absolute atomic E-state index is 0.288. The van der Waals surface area contributed by atoms with Gasteiger partial charge < -0.3 is 15.5 Å². The lowest BCUT2D eigenvalue weighted by Crippen LogP contribution is -2.19. The molecule has 0 bridgehead atoms. The second-order valence-electron chi connectivity index (χ2n) is 4.27. The van der Waals surface area contributed by atoms with E-state index < -0.39 is 0 Å². The van der Waals surface area contributed by atoms with Crippen molar-refractivity contribution in [3.63, 3.8) is 0 Å². The van der Waals surface area contributed by atoms with Crippen LogP contribution in [0, 0.1) is 0 Å². The Balaban J connectivity index is 2.01. The van der Waals surface area contributed by atoms with Crippen LogP contribution in [0.15, 0.2) is 48.8 Å². The van der Waals surface area contributed by atoms with E-state index in [1.807, 2.05) is 55.4 Å². The molecule has 19 heavy (non-hydrogen) atoms. The molecule has 0 aliphatic heterocycles. The molecule has 5 nitrogen and oxygen atoms in total.